The number of benzene rings is 2. The van der Waals surface area contributed by atoms with Crippen molar-refractivity contribution in [3.63, 3.8) is 0 Å². The molecule has 4 rings (SSSR count). The van der Waals surface area contributed by atoms with Gasteiger partial charge in [-0.2, -0.15) is 0 Å². The number of aromatic nitrogens is 2. The predicted molar refractivity (Wildman–Crippen MR) is 111 cm³/mol. The van der Waals surface area contributed by atoms with Gasteiger partial charge < -0.3 is 10.1 Å². The summed E-state index contributed by atoms with van der Waals surface area (Å²) in [7, 11) is 1.33. The number of alkyl halides is 1. The highest BCUT2D eigenvalue weighted by Gasteiger charge is 2.24. The van der Waals surface area contributed by atoms with Gasteiger partial charge in [0, 0.05) is 17.8 Å². The van der Waals surface area contributed by atoms with Crippen LogP contribution in [0.5, 0.6) is 5.75 Å². The topological polar surface area (TPSA) is 38.6 Å². The van der Waals surface area contributed by atoms with Gasteiger partial charge in [-0.3, -0.25) is 4.40 Å². The molecule has 0 fully saturated rings. The smallest absolute Gasteiger partial charge is 0.143 e. The number of pyridine rings is 1. The molecular weight excluding hydrogens is 391 g/mol. The third kappa shape index (κ3) is 3.26. The molecule has 0 saturated heterocycles. The summed E-state index contributed by atoms with van der Waals surface area (Å²) < 4.78 is 50.1. The molecule has 0 spiro atoms. The zero-order valence-electron chi connectivity index (χ0n) is 16.8. The van der Waals surface area contributed by atoms with Crippen LogP contribution in [-0.4, -0.2) is 16.5 Å². The van der Waals surface area contributed by atoms with Crippen molar-refractivity contribution in [2.24, 2.45) is 0 Å². The number of hydrogen-bond donors (Lipinski definition) is 1. The summed E-state index contributed by atoms with van der Waals surface area (Å²) in [6.45, 7) is 3.08. The van der Waals surface area contributed by atoms with Crippen LogP contribution in [0.1, 0.15) is 16.8 Å². The van der Waals surface area contributed by atoms with Gasteiger partial charge in [0.25, 0.3) is 0 Å². The largest absolute Gasteiger partial charge is 0.497 e. The molecule has 0 amide bonds. The van der Waals surface area contributed by atoms with Crippen LogP contribution >= 0.6 is 0 Å². The van der Waals surface area contributed by atoms with Gasteiger partial charge in [-0.1, -0.05) is 24.3 Å². The molecule has 2 aromatic carbocycles. The molecule has 0 aliphatic heterocycles. The fourth-order valence-electron chi connectivity index (χ4n) is 3.58. The Morgan fingerprint density at radius 3 is 2.23 bits per heavy atom. The maximum atomic E-state index is 14.9. The average Bonchev–Trinajstić information content (AvgIpc) is 3.08. The van der Waals surface area contributed by atoms with E-state index >= 15 is 0 Å². The first-order valence-corrected chi connectivity index (χ1v) is 9.37. The normalized spacial score (nSPS) is 11.1. The first-order valence-electron chi connectivity index (χ1n) is 9.37. The van der Waals surface area contributed by atoms with E-state index in [2.05, 4.69) is 10.3 Å². The number of para-hydroxylation sites is 1. The third-order valence-electron chi connectivity index (χ3n) is 5.07. The molecule has 0 radical (unpaired) electrons. The Morgan fingerprint density at radius 2 is 1.63 bits per heavy atom. The van der Waals surface area contributed by atoms with E-state index in [4.69, 9.17) is 4.74 Å². The van der Waals surface area contributed by atoms with Gasteiger partial charge in [0.15, 0.2) is 0 Å². The van der Waals surface area contributed by atoms with Crippen molar-refractivity contribution in [1.82, 2.24) is 9.38 Å². The average molecular weight is 411 g/mol. The van der Waals surface area contributed by atoms with Crippen LogP contribution in [0.2, 0.25) is 0 Å². The lowest BCUT2D eigenvalue weighted by Gasteiger charge is -2.15. The number of fused-ring (bicyclic) bond motifs is 1. The minimum atomic E-state index is -0.818. The van der Waals surface area contributed by atoms with E-state index in [9.17, 15) is 13.2 Å². The van der Waals surface area contributed by atoms with Gasteiger partial charge >= 0.3 is 0 Å². The lowest BCUT2D eigenvalue weighted by molar-refractivity contribution is 0.407. The Labute approximate surface area is 172 Å². The highest BCUT2D eigenvalue weighted by Crippen LogP contribution is 2.37. The van der Waals surface area contributed by atoms with E-state index in [0.717, 1.165) is 28.9 Å². The summed E-state index contributed by atoms with van der Waals surface area (Å²) in [5, 5.41) is 3.26. The molecule has 2 aromatic heterocycles. The Bertz CT molecular complexity index is 1210. The summed E-state index contributed by atoms with van der Waals surface area (Å²) in [6.07, 6.45) is 0. The minimum Gasteiger partial charge on any atom is -0.497 e. The van der Waals surface area contributed by atoms with Crippen molar-refractivity contribution in [1.29, 1.82) is 0 Å². The lowest BCUT2D eigenvalue weighted by Crippen LogP contribution is -2.04. The molecule has 0 aliphatic rings. The predicted octanol–water partition coefficient (Wildman–Crippen LogP) is 6.12. The zero-order chi connectivity index (χ0) is 21.4. The van der Waals surface area contributed by atoms with Crippen LogP contribution in [-0.2, 0) is 6.67 Å². The van der Waals surface area contributed by atoms with Crippen molar-refractivity contribution in [3.05, 3.63) is 77.0 Å². The van der Waals surface area contributed by atoms with E-state index < -0.39 is 18.3 Å². The number of hydrogen-bond acceptors (Lipinski definition) is 3. The van der Waals surface area contributed by atoms with Gasteiger partial charge in [0.05, 0.1) is 18.4 Å². The lowest BCUT2D eigenvalue weighted by atomic mass is 10.1. The molecular formula is C23H20F3N3O. The maximum Gasteiger partial charge on any atom is 0.143 e. The van der Waals surface area contributed by atoms with E-state index in [1.165, 1.54) is 7.11 Å². The fraction of sp³-hybridized carbons (Fsp3) is 0.174. The fourth-order valence-corrected chi connectivity index (χ4v) is 3.58. The second kappa shape index (κ2) is 7.74. The van der Waals surface area contributed by atoms with Gasteiger partial charge in [-0.25, -0.2) is 18.2 Å². The monoisotopic (exact) mass is 411 g/mol. The Balaban J connectivity index is 2.03. The Kier molecular flexibility index (Phi) is 5.11. The van der Waals surface area contributed by atoms with Gasteiger partial charge in [-0.15, -0.1) is 0 Å². The molecule has 4 nitrogen and oxygen atoms in total. The van der Waals surface area contributed by atoms with Crippen LogP contribution in [0.4, 0.5) is 24.7 Å². The molecule has 0 atom stereocenters. The number of anilines is 2. The van der Waals surface area contributed by atoms with Crippen LogP contribution < -0.4 is 10.1 Å². The maximum absolute atomic E-state index is 14.9. The van der Waals surface area contributed by atoms with E-state index in [-0.39, 0.29) is 17.0 Å². The molecule has 2 heterocycles. The second-order valence-corrected chi connectivity index (χ2v) is 7.01. The highest BCUT2D eigenvalue weighted by molar-refractivity contribution is 5.82. The number of halogens is 3. The number of rotatable bonds is 5. The van der Waals surface area contributed by atoms with E-state index in [1.54, 1.807) is 22.6 Å². The molecule has 1 N–H and O–H groups in total. The third-order valence-corrected chi connectivity index (χ3v) is 5.07. The van der Waals surface area contributed by atoms with Crippen LogP contribution in [0.15, 0.2) is 48.5 Å². The summed E-state index contributed by atoms with van der Waals surface area (Å²) in [5.74, 6) is -1.28. The number of ether oxygens (including phenoxy) is 1. The van der Waals surface area contributed by atoms with Gasteiger partial charge in [0.2, 0.25) is 0 Å². The number of nitrogens with zero attached hydrogens (tertiary/aromatic N) is 2. The Hall–Kier alpha value is -3.48. The van der Waals surface area contributed by atoms with E-state index in [0.29, 0.717) is 17.2 Å². The van der Waals surface area contributed by atoms with E-state index in [1.807, 2.05) is 32.0 Å². The zero-order valence-corrected chi connectivity index (χ0v) is 16.8. The summed E-state index contributed by atoms with van der Waals surface area (Å²) >= 11 is 0. The molecule has 0 unspecified atom stereocenters. The molecule has 4 aromatic rings. The van der Waals surface area contributed by atoms with Gasteiger partial charge in [-0.05, 0) is 37.1 Å². The summed E-state index contributed by atoms with van der Waals surface area (Å²) in [6, 6.07) is 12.9. The van der Waals surface area contributed by atoms with Crippen molar-refractivity contribution < 1.29 is 17.9 Å². The molecule has 0 saturated carbocycles. The second-order valence-electron chi connectivity index (χ2n) is 7.01. The number of imidazole rings is 1. The molecule has 154 valence electrons. The van der Waals surface area contributed by atoms with Gasteiger partial charge in [0.1, 0.15) is 41.2 Å². The minimum absolute atomic E-state index is 0.0520. The standard InChI is InChI=1S/C23H20F3N3O/c1-13-6-4-7-14(2)21(13)28-23-22(20-17(25)10-16(30-3)11-18(20)26)27-19-9-5-8-15(12-24)29(19)23/h4-11,28H,12H2,1-3H3. The van der Waals surface area contributed by atoms with Crippen LogP contribution in [0, 0.1) is 25.5 Å². The summed E-state index contributed by atoms with van der Waals surface area (Å²) in [5.41, 5.74) is 3.07. The van der Waals surface area contributed by atoms with Crippen LogP contribution in [0.3, 0.4) is 0 Å². The van der Waals surface area contributed by atoms with Crippen molar-refractivity contribution in [2.45, 2.75) is 20.5 Å². The first kappa shape index (κ1) is 19.8. The molecule has 0 bridgehead atoms. The molecule has 0 aliphatic carbocycles. The Morgan fingerprint density at radius 1 is 1.00 bits per heavy atom. The molecule has 7 heteroatoms. The van der Waals surface area contributed by atoms with Crippen molar-refractivity contribution >= 4 is 17.2 Å². The highest BCUT2D eigenvalue weighted by atomic mass is 19.1. The summed E-state index contributed by atoms with van der Waals surface area (Å²) in [4.78, 5) is 4.44. The number of nitrogens with one attached hydrogen (secondary N) is 1. The molecule has 30 heavy (non-hydrogen) atoms. The van der Waals surface area contributed by atoms with Crippen molar-refractivity contribution in [2.75, 3.05) is 12.4 Å². The van der Waals surface area contributed by atoms with Crippen LogP contribution in [0.25, 0.3) is 16.9 Å². The SMILES string of the molecule is COc1cc(F)c(-c2nc3cccc(CF)n3c2Nc2c(C)cccc2C)c(F)c1. The number of aryl methyl sites for hydroxylation is 2. The quantitative estimate of drug-likeness (QED) is 0.430. The first-order chi connectivity index (χ1) is 14.4. The number of methoxy groups -OCH3 is 1. The van der Waals surface area contributed by atoms with Crippen molar-refractivity contribution in [3.8, 4) is 17.0 Å².